The minimum Gasteiger partial charge on any atom is -0.368 e. The van der Waals surface area contributed by atoms with Crippen molar-refractivity contribution in [3.63, 3.8) is 0 Å². The predicted octanol–water partition coefficient (Wildman–Crippen LogP) is 2.74. The second-order valence-electron chi connectivity index (χ2n) is 5.55. The summed E-state index contributed by atoms with van der Waals surface area (Å²) in [6.07, 6.45) is 4.87. The fraction of sp³-hybridized carbons (Fsp3) is 0.235. The molecule has 1 aromatic carbocycles. The summed E-state index contributed by atoms with van der Waals surface area (Å²) in [5.74, 6) is 0.671. The number of ether oxygens (including phenoxy) is 1. The van der Waals surface area contributed by atoms with Crippen LogP contribution in [0.1, 0.15) is 12.8 Å². The van der Waals surface area contributed by atoms with E-state index in [0.717, 1.165) is 41.0 Å². The summed E-state index contributed by atoms with van der Waals surface area (Å²) in [6, 6.07) is 9.44. The highest BCUT2D eigenvalue weighted by molar-refractivity contribution is 5.96. The highest BCUT2D eigenvalue weighted by atomic mass is 16.5. The summed E-state index contributed by atoms with van der Waals surface area (Å²) in [5, 5.41) is 2.90. The third kappa shape index (κ3) is 2.80. The number of rotatable bonds is 3. The number of hydrogen-bond acceptors (Lipinski definition) is 4. The van der Waals surface area contributed by atoms with Crippen molar-refractivity contribution in [2.45, 2.75) is 18.9 Å². The molecule has 0 saturated carbocycles. The molecule has 1 aliphatic rings. The molecular formula is C17H16N4O2. The molecule has 0 spiro atoms. The number of aromatic amines is 1. The average molecular weight is 308 g/mol. The van der Waals surface area contributed by atoms with E-state index in [9.17, 15) is 4.79 Å². The molecule has 1 saturated heterocycles. The van der Waals surface area contributed by atoms with E-state index in [-0.39, 0.29) is 12.0 Å². The van der Waals surface area contributed by atoms with Crippen LogP contribution in [-0.4, -0.2) is 33.6 Å². The number of amides is 1. The van der Waals surface area contributed by atoms with E-state index in [1.807, 2.05) is 30.3 Å². The van der Waals surface area contributed by atoms with E-state index in [4.69, 9.17) is 4.74 Å². The van der Waals surface area contributed by atoms with Crippen molar-refractivity contribution >= 4 is 22.6 Å². The van der Waals surface area contributed by atoms with Gasteiger partial charge < -0.3 is 15.0 Å². The van der Waals surface area contributed by atoms with Gasteiger partial charge in [0, 0.05) is 30.3 Å². The van der Waals surface area contributed by atoms with Gasteiger partial charge in [-0.2, -0.15) is 0 Å². The van der Waals surface area contributed by atoms with Crippen molar-refractivity contribution in [1.29, 1.82) is 0 Å². The molecule has 0 radical (unpaired) electrons. The van der Waals surface area contributed by atoms with Crippen LogP contribution in [0, 0.1) is 0 Å². The standard InChI is InChI=1S/C17H16N4O2/c22-17(15-4-2-8-23-15)19-12-5-6-13-14(9-12)21-16(20-13)11-3-1-7-18-10-11/h1,3,5-7,9-10,15H,2,4,8H2,(H,19,22)(H,20,21)/t15-/m0/s1. The number of carbonyl (C=O) groups excluding carboxylic acids is 1. The minimum atomic E-state index is -0.335. The molecule has 1 atom stereocenters. The number of carbonyl (C=O) groups is 1. The number of anilines is 1. The maximum absolute atomic E-state index is 12.1. The highest BCUT2D eigenvalue weighted by Gasteiger charge is 2.23. The minimum absolute atomic E-state index is 0.0890. The van der Waals surface area contributed by atoms with Crippen LogP contribution < -0.4 is 5.32 Å². The molecule has 1 amide bonds. The largest absolute Gasteiger partial charge is 0.368 e. The zero-order valence-electron chi connectivity index (χ0n) is 12.5. The van der Waals surface area contributed by atoms with Crippen molar-refractivity contribution in [2.75, 3.05) is 11.9 Å². The van der Waals surface area contributed by atoms with E-state index in [1.54, 1.807) is 12.4 Å². The fourth-order valence-corrected chi connectivity index (χ4v) is 2.73. The van der Waals surface area contributed by atoms with Gasteiger partial charge >= 0.3 is 0 Å². The first kappa shape index (κ1) is 13.9. The van der Waals surface area contributed by atoms with Crippen LogP contribution in [0.25, 0.3) is 22.4 Å². The number of imidazole rings is 1. The third-order valence-corrected chi connectivity index (χ3v) is 3.91. The second-order valence-corrected chi connectivity index (χ2v) is 5.55. The lowest BCUT2D eigenvalue weighted by atomic mass is 10.2. The Morgan fingerprint density at radius 2 is 2.30 bits per heavy atom. The second kappa shape index (κ2) is 5.81. The zero-order chi connectivity index (χ0) is 15.6. The zero-order valence-corrected chi connectivity index (χ0v) is 12.5. The summed E-state index contributed by atoms with van der Waals surface area (Å²) in [6.45, 7) is 0.659. The quantitative estimate of drug-likeness (QED) is 0.779. The normalized spacial score (nSPS) is 17.5. The molecule has 3 heterocycles. The van der Waals surface area contributed by atoms with Gasteiger partial charge in [-0.25, -0.2) is 4.98 Å². The van der Waals surface area contributed by atoms with E-state index in [1.165, 1.54) is 0 Å². The van der Waals surface area contributed by atoms with E-state index >= 15 is 0 Å². The first-order valence-corrected chi connectivity index (χ1v) is 7.62. The van der Waals surface area contributed by atoms with Crippen molar-refractivity contribution < 1.29 is 9.53 Å². The highest BCUT2D eigenvalue weighted by Crippen LogP contribution is 2.23. The summed E-state index contributed by atoms with van der Waals surface area (Å²) < 4.78 is 5.40. The third-order valence-electron chi connectivity index (χ3n) is 3.91. The molecule has 0 unspecified atom stereocenters. The van der Waals surface area contributed by atoms with Gasteiger partial charge in [-0.15, -0.1) is 0 Å². The van der Waals surface area contributed by atoms with Gasteiger partial charge in [-0.3, -0.25) is 9.78 Å². The van der Waals surface area contributed by atoms with Gasteiger partial charge in [-0.05, 0) is 43.2 Å². The van der Waals surface area contributed by atoms with Crippen LogP contribution in [0.4, 0.5) is 5.69 Å². The number of nitrogens with one attached hydrogen (secondary N) is 2. The van der Waals surface area contributed by atoms with E-state index in [0.29, 0.717) is 6.61 Å². The smallest absolute Gasteiger partial charge is 0.253 e. The Balaban J connectivity index is 1.59. The Morgan fingerprint density at radius 3 is 3.09 bits per heavy atom. The van der Waals surface area contributed by atoms with Gasteiger partial charge in [0.25, 0.3) is 5.91 Å². The summed E-state index contributed by atoms with van der Waals surface area (Å²) in [4.78, 5) is 24.0. The summed E-state index contributed by atoms with van der Waals surface area (Å²) >= 11 is 0. The van der Waals surface area contributed by atoms with Gasteiger partial charge in [-0.1, -0.05) is 0 Å². The molecule has 6 nitrogen and oxygen atoms in total. The number of benzene rings is 1. The molecule has 6 heteroatoms. The summed E-state index contributed by atoms with van der Waals surface area (Å²) in [5.41, 5.74) is 3.38. The molecular weight excluding hydrogens is 292 g/mol. The molecule has 4 rings (SSSR count). The van der Waals surface area contributed by atoms with Crippen LogP contribution in [0.3, 0.4) is 0 Å². The lowest BCUT2D eigenvalue weighted by Crippen LogP contribution is -2.26. The molecule has 116 valence electrons. The maximum atomic E-state index is 12.1. The monoisotopic (exact) mass is 308 g/mol. The van der Waals surface area contributed by atoms with E-state index < -0.39 is 0 Å². The molecule has 2 aromatic heterocycles. The Morgan fingerprint density at radius 1 is 1.35 bits per heavy atom. The number of hydrogen-bond donors (Lipinski definition) is 2. The van der Waals surface area contributed by atoms with Gasteiger partial charge in [0.2, 0.25) is 0 Å². The lowest BCUT2D eigenvalue weighted by Gasteiger charge is -2.10. The molecule has 23 heavy (non-hydrogen) atoms. The van der Waals surface area contributed by atoms with Crippen LogP contribution in [0.15, 0.2) is 42.7 Å². The molecule has 2 N–H and O–H groups in total. The fourth-order valence-electron chi connectivity index (χ4n) is 2.73. The molecule has 1 aliphatic heterocycles. The Hall–Kier alpha value is -2.73. The average Bonchev–Trinajstić information content (AvgIpc) is 3.25. The number of fused-ring (bicyclic) bond motifs is 1. The van der Waals surface area contributed by atoms with Gasteiger partial charge in [0.05, 0.1) is 11.0 Å². The van der Waals surface area contributed by atoms with E-state index in [2.05, 4.69) is 20.3 Å². The topological polar surface area (TPSA) is 79.9 Å². The van der Waals surface area contributed by atoms with Gasteiger partial charge in [0.15, 0.2) is 0 Å². The van der Waals surface area contributed by atoms with Crippen LogP contribution >= 0.6 is 0 Å². The number of nitrogens with zero attached hydrogens (tertiary/aromatic N) is 2. The summed E-state index contributed by atoms with van der Waals surface area (Å²) in [7, 11) is 0. The van der Waals surface area contributed by atoms with Crippen molar-refractivity contribution in [3.05, 3.63) is 42.7 Å². The lowest BCUT2D eigenvalue weighted by molar-refractivity contribution is -0.124. The van der Waals surface area contributed by atoms with Crippen molar-refractivity contribution in [3.8, 4) is 11.4 Å². The molecule has 3 aromatic rings. The molecule has 1 fully saturated rings. The molecule has 0 bridgehead atoms. The SMILES string of the molecule is O=C(Nc1ccc2nc(-c3cccnc3)[nH]c2c1)[C@@H]1CCCO1. The first-order valence-electron chi connectivity index (χ1n) is 7.62. The van der Waals surface area contributed by atoms with Crippen LogP contribution in [0.2, 0.25) is 0 Å². The predicted molar refractivity (Wildman–Crippen MR) is 86.9 cm³/mol. The Kier molecular flexibility index (Phi) is 3.51. The number of H-pyrrole nitrogens is 1. The Labute approximate surface area is 132 Å². The first-order chi connectivity index (χ1) is 11.3. The van der Waals surface area contributed by atoms with Crippen molar-refractivity contribution in [2.24, 2.45) is 0 Å². The maximum Gasteiger partial charge on any atom is 0.253 e. The number of aromatic nitrogens is 3. The Bertz CT molecular complexity index is 838. The van der Waals surface area contributed by atoms with Crippen LogP contribution in [0.5, 0.6) is 0 Å². The van der Waals surface area contributed by atoms with Gasteiger partial charge in [0.1, 0.15) is 11.9 Å². The van der Waals surface area contributed by atoms with Crippen molar-refractivity contribution in [1.82, 2.24) is 15.0 Å². The van der Waals surface area contributed by atoms with Crippen LogP contribution in [-0.2, 0) is 9.53 Å². The molecule has 0 aliphatic carbocycles. The number of pyridine rings is 1.